The first-order chi connectivity index (χ1) is 17.3. The Bertz CT molecular complexity index is 1230. The van der Waals surface area contributed by atoms with Crippen molar-refractivity contribution in [2.75, 3.05) is 31.1 Å². The number of ether oxygens (including phenoxy) is 1. The Kier molecular flexibility index (Phi) is 7.30. The van der Waals surface area contributed by atoms with Crippen LogP contribution in [0, 0.1) is 11.6 Å². The zero-order chi connectivity index (χ0) is 25.3. The van der Waals surface area contributed by atoms with Gasteiger partial charge < -0.3 is 9.64 Å². The van der Waals surface area contributed by atoms with Crippen molar-refractivity contribution < 1.29 is 21.9 Å². The van der Waals surface area contributed by atoms with E-state index in [1.165, 1.54) is 6.20 Å². The minimum Gasteiger partial charge on any atom is -0.483 e. The van der Waals surface area contributed by atoms with E-state index in [1.807, 2.05) is 4.90 Å². The van der Waals surface area contributed by atoms with E-state index in [0.717, 1.165) is 67.8 Å². The molecule has 2 aliphatic carbocycles. The molecule has 1 saturated heterocycles. The van der Waals surface area contributed by atoms with E-state index in [1.54, 1.807) is 4.31 Å². The minimum atomic E-state index is -3.36. The molecule has 3 fully saturated rings. The van der Waals surface area contributed by atoms with Crippen molar-refractivity contribution in [2.24, 2.45) is 0 Å². The zero-order valence-electron chi connectivity index (χ0n) is 20.2. The molecule has 0 unspecified atom stereocenters. The van der Waals surface area contributed by atoms with Crippen LogP contribution in [0.15, 0.2) is 29.2 Å². The number of sulfonamides is 1. The van der Waals surface area contributed by atoms with Gasteiger partial charge in [-0.1, -0.05) is 19.3 Å². The molecule has 196 valence electrons. The largest absolute Gasteiger partial charge is 0.483 e. The van der Waals surface area contributed by atoms with E-state index < -0.39 is 27.2 Å². The van der Waals surface area contributed by atoms with Crippen molar-refractivity contribution in [3.8, 4) is 11.4 Å². The lowest BCUT2D eigenvalue weighted by Crippen LogP contribution is -2.51. The molecule has 0 radical (unpaired) electrons. The Morgan fingerprint density at radius 2 is 1.47 bits per heavy atom. The Morgan fingerprint density at radius 3 is 2.11 bits per heavy atom. The number of aromatic nitrogens is 2. The molecule has 2 saturated carbocycles. The van der Waals surface area contributed by atoms with Crippen molar-refractivity contribution in [3.63, 3.8) is 0 Å². The summed E-state index contributed by atoms with van der Waals surface area (Å²) >= 11 is 0. The van der Waals surface area contributed by atoms with Crippen LogP contribution in [0.4, 0.5) is 14.5 Å². The fourth-order valence-electron chi connectivity index (χ4n) is 5.54. The van der Waals surface area contributed by atoms with Gasteiger partial charge in [0.1, 0.15) is 17.3 Å². The number of piperazine rings is 1. The lowest BCUT2D eigenvalue weighted by molar-refractivity contribution is 0.205. The number of rotatable bonds is 6. The minimum absolute atomic E-state index is 0.0243. The molecule has 0 amide bonds. The summed E-state index contributed by atoms with van der Waals surface area (Å²) < 4.78 is 62.7. The average molecular weight is 523 g/mol. The molecule has 11 heteroatoms. The molecular weight excluding hydrogens is 490 g/mol. The fourth-order valence-corrected chi connectivity index (χ4v) is 7.56. The third kappa shape index (κ3) is 5.13. The predicted octanol–water partition coefficient (Wildman–Crippen LogP) is 3.62. The van der Waals surface area contributed by atoms with E-state index in [-0.39, 0.29) is 22.8 Å². The van der Waals surface area contributed by atoms with E-state index in [2.05, 4.69) is 5.10 Å². The van der Waals surface area contributed by atoms with Crippen LogP contribution >= 0.6 is 0 Å². The number of benzene rings is 1. The highest BCUT2D eigenvalue weighted by atomic mass is 32.2. The van der Waals surface area contributed by atoms with E-state index in [0.29, 0.717) is 44.7 Å². The van der Waals surface area contributed by atoms with Gasteiger partial charge in [-0.3, -0.25) is 4.79 Å². The van der Waals surface area contributed by atoms with Gasteiger partial charge in [0.25, 0.3) is 0 Å². The monoisotopic (exact) mass is 522 g/mol. The summed E-state index contributed by atoms with van der Waals surface area (Å²) in [5.41, 5.74) is -0.139. The molecular formula is C25H32F2N4O4S. The average Bonchev–Trinajstić information content (AvgIpc) is 3.38. The SMILES string of the molecule is O=c1c(OC2CCCC2)c(N2CCN(S(=O)(=O)C3CCCCC3)CC2)cnn1-c1cc(F)cc(F)c1. The normalized spacial score (nSPS) is 20.7. The van der Waals surface area contributed by atoms with Crippen LogP contribution in [0.3, 0.4) is 0 Å². The first-order valence-electron chi connectivity index (χ1n) is 12.8. The van der Waals surface area contributed by atoms with Crippen molar-refractivity contribution in [1.82, 2.24) is 14.1 Å². The Morgan fingerprint density at radius 1 is 0.861 bits per heavy atom. The maximum atomic E-state index is 13.8. The van der Waals surface area contributed by atoms with Crippen LogP contribution in [-0.4, -0.2) is 60.0 Å². The molecule has 5 rings (SSSR count). The summed E-state index contributed by atoms with van der Waals surface area (Å²) in [6.07, 6.45) is 9.42. The second-order valence-corrected chi connectivity index (χ2v) is 12.1. The quantitative estimate of drug-likeness (QED) is 0.576. The Balaban J connectivity index is 1.41. The van der Waals surface area contributed by atoms with Crippen LogP contribution in [-0.2, 0) is 10.0 Å². The maximum absolute atomic E-state index is 13.8. The predicted molar refractivity (Wildman–Crippen MR) is 132 cm³/mol. The highest BCUT2D eigenvalue weighted by molar-refractivity contribution is 7.89. The molecule has 1 aliphatic heterocycles. The second-order valence-electron chi connectivity index (χ2n) is 9.92. The van der Waals surface area contributed by atoms with E-state index in [9.17, 15) is 22.0 Å². The van der Waals surface area contributed by atoms with Crippen molar-refractivity contribution >= 4 is 15.7 Å². The van der Waals surface area contributed by atoms with Gasteiger partial charge in [0.2, 0.25) is 15.8 Å². The molecule has 0 N–H and O–H groups in total. The first kappa shape index (κ1) is 25.1. The zero-order valence-corrected chi connectivity index (χ0v) is 21.1. The third-order valence-corrected chi connectivity index (χ3v) is 9.90. The molecule has 36 heavy (non-hydrogen) atoms. The second kappa shape index (κ2) is 10.5. The van der Waals surface area contributed by atoms with Crippen molar-refractivity contribution in [2.45, 2.75) is 69.1 Å². The molecule has 8 nitrogen and oxygen atoms in total. The molecule has 0 spiro atoms. The van der Waals surface area contributed by atoms with Gasteiger partial charge in [-0.25, -0.2) is 17.2 Å². The van der Waals surface area contributed by atoms with E-state index >= 15 is 0 Å². The first-order valence-corrected chi connectivity index (χ1v) is 14.3. The van der Waals surface area contributed by atoms with Gasteiger partial charge in [0, 0.05) is 32.2 Å². The molecule has 0 bridgehead atoms. The number of anilines is 1. The summed E-state index contributed by atoms with van der Waals surface area (Å²) in [6, 6.07) is 2.83. The number of hydrogen-bond acceptors (Lipinski definition) is 6. The van der Waals surface area contributed by atoms with Gasteiger partial charge in [0.15, 0.2) is 0 Å². The molecule has 0 atom stereocenters. The highest BCUT2D eigenvalue weighted by Gasteiger charge is 2.36. The third-order valence-electron chi connectivity index (χ3n) is 7.51. The molecule has 3 aliphatic rings. The van der Waals surface area contributed by atoms with Crippen molar-refractivity contribution in [1.29, 1.82) is 0 Å². The Labute approximate surface area is 209 Å². The van der Waals surface area contributed by atoms with Gasteiger partial charge in [-0.05, 0) is 50.7 Å². The lowest BCUT2D eigenvalue weighted by Gasteiger charge is -2.38. The number of nitrogens with zero attached hydrogens (tertiary/aromatic N) is 4. The standard InChI is InChI=1S/C25H32F2N4O4S/c26-18-14-19(27)16-20(15-18)31-25(32)24(35-21-6-4-5-7-21)23(17-28-31)29-10-12-30(13-11-29)36(33,34)22-8-2-1-3-9-22/h14-17,21-22H,1-13H2. The smallest absolute Gasteiger partial charge is 0.316 e. The fraction of sp³-hybridized carbons (Fsp3) is 0.600. The van der Waals surface area contributed by atoms with Gasteiger partial charge >= 0.3 is 5.56 Å². The summed E-state index contributed by atoms with van der Waals surface area (Å²) in [7, 11) is -3.36. The van der Waals surface area contributed by atoms with Gasteiger partial charge in [-0.2, -0.15) is 14.1 Å². The summed E-state index contributed by atoms with van der Waals surface area (Å²) in [5, 5.41) is 3.89. The van der Waals surface area contributed by atoms with Crippen LogP contribution in [0.25, 0.3) is 5.69 Å². The molecule has 1 aromatic heterocycles. The molecule has 2 heterocycles. The van der Waals surface area contributed by atoms with Crippen LogP contribution in [0.5, 0.6) is 5.75 Å². The summed E-state index contributed by atoms with van der Waals surface area (Å²) in [5.74, 6) is -1.53. The van der Waals surface area contributed by atoms with Gasteiger partial charge in [-0.15, -0.1) is 0 Å². The van der Waals surface area contributed by atoms with Crippen LogP contribution in [0.2, 0.25) is 0 Å². The van der Waals surface area contributed by atoms with Crippen LogP contribution in [0.1, 0.15) is 57.8 Å². The van der Waals surface area contributed by atoms with Crippen LogP contribution < -0.4 is 15.2 Å². The topological polar surface area (TPSA) is 84.7 Å². The number of halogens is 2. The maximum Gasteiger partial charge on any atom is 0.316 e. The molecule has 1 aromatic carbocycles. The number of hydrogen-bond donors (Lipinski definition) is 0. The molecule has 2 aromatic rings. The van der Waals surface area contributed by atoms with E-state index in [4.69, 9.17) is 4.74 Å². The van der Waals surface area contributed by atoms with Gasteiger partial charge in [0.05, 0.1) is 23.2 Å². The Hall–Kier alpha value is -2.53. The van der Waals surface area contributed by atoms with Crippen molar-refractivity contribution in [3.05, 3.63) is 46.4 Å². The summed E-state index contributed by atoms with van der Waals surface area (Å²) in [4.78, 5) is 15.4. The summed E-state index contributed by atoms with van der Waals surface area (Å²) in [6.45, 7) is 1.43. The highest BCUT2D eigenvalue weighted by Crippen LogP contribution is 2.32. The lowest BCUT2D eigenvalue weighted by atomic mass is 10.0.